The molecule has 0 saturated carbocycles. The average molecular weight is 635 g/mol. The van der Waals surface area contributed by atoms with Gasteiger partial charge in [0.05, 0.1) is 53.6 Å². The monoisotopic (exact) mass is 636 g/mol. The van der Waals surface area contributed by atoms with Crippen molar-refractivity contribution in [3.05, 3.63) is 64.5 Å². The first-order valence-corrected chi connectivity index (χ1v) is 14.0. The molecule has 4 unspecified atom stereocenters. The molecule has 0 spiro atoms. The van der Waals surface area contributed by atoms with Gasteiger partial charge in [0.2, 0.25) is 5.72 Å². The summed E-state index contributed by atoms with van der Waals surface area (Å²) >= 11 is 0. The van der Waals surface area contributed by atoms with E-state index in [1.807, 2.05) is 0 Å². The van der Waals surface area contributed by atoms with E-state index in [1.165, 1.54) is 36.4 Å². The van der Waals surface area contributed by atoms with Crippen LogP contribution in [0.15, 0.2) is 36.4 Å². The number of ether oxygens (including phenoxy) is 1. The van der Waals surface area contributed by atoms with Crippen LogP contribution in [0.3, 0.4) is 0 Å². The van der Waals surface area contributed by atoms with Crippen molar-refractivity contribution in [1.29, 1.82) is 0 Å². The van der Waals surface area contributed by atoms with Crippen LogP contribution in [0.4, 0.5) is 10.1 Å². The third-order valence-electron chi connectivity index (χ3n) is 8.62. The van der Waals surface area contributed by atoms with Gasteiger partial charge in [0.15, 0.2) is 21.4 Å². The standard InChI is InChI=1S/C26H22B9FN4O8/c1-37-19(43)21(44,22(29,30)20(27,28)11-41)39-10-15-14(18(39)42)6-3-7-16(15)38-8-12-4-2-5-13(17(12)36)9-40-23(31,32)25(34,46)48-26(35,47)24(40,33)45/h2-7,11,38,44-47H,8-10H2,1H3,(H,37,43). The van der Waals surface area contributed by atoms with E-state index in [4.69, 9.17) is 70.6 Å². The fourth-order valence-corrected chi connectivity index (χ4v) is 5.43. The number of likely N-dealkylation sites (N-methyl/N-ethyl adjacent to an activating group) is 1. The van der Waals surface area contributed by atoms with Gasteiger partial charge in [-0.15, -0.1) is 0 Å². The van der Waals surface area contributed by atoms with Crippen LogP contribution in [0.25, 0.3) is 0 Å². The topological polar surface area (TPSA) is 172 Å². The molecule has 0 bridgehead atoms. The molecule has 48 heavy (non-hydrogen) atoms. The van der Waals surface area contributed by atoms with Gasteiger partial charge in [0.25, 0.3) is 11.8 Å². The number of nitrogens with one attached hydrogen (secondary N) is 2. The molecule has 2 aromatic rings. The molecule has 12 nitrogen and oxygen atoms in total. The molecule has 6 N–H and O–H groups in total. The summed E-state index contributed by atoms with van der Waals surface area (Å²) in [6.45, 7) is -1.52. The van der Waals surface area contributed by atoms with Crippen molar-refractivity contribution in [2.24, 2.45) is 0 Å². The van der Waals surface area contributed by atoms with Crippen LogP contribution >= 0.6 is 0 Å². The number of halogens is 1. The van der Waals surface area contributed by atoms with Crippen LogP contribution in [-0.4, -0.2) is 154 Å². The zero-order valence-corrected chi connectivity index (χ0v) is 25.6. The Bertz CT molecular complexity index is 1620. The zero-order chi connectivity index (χ0) is 36.5. The molecule has 2 amide bonds. The fourth-order valence-electron chi connectivity index (χ4n) is 5.43. The van der Waals surface area contributed by atoms with Gasteiger partial charge in [-0.2, -0.15) is 0 Å². The van der Waals surface area contributed by atoms with Crippen molar-refractivity contribution in [2.75, 3.05) is 12.4 Å². The fraction of sp³-hybridized carbons (Fsp3) is 0.423. The molecular formula is C26H22B9FN4O8. The Morgan fingerprint density at radius 1 is 1.02 bits per heavy atom. The van der Waals surface area contributed by atoms with Gasteiger partial charge in [-0.05, 0) is 22.7 Å². The number of carbonyl (C=O) groups excluding carboxylic acids is 3. The minimum Gasteiger partial charge on any atom is -0.381 e. The highest BCUT2D eigenvalue weighted by Gasteiger charge is 2.63. The summed E-state index contributed by atoms with van der Waals surface area (Å²) in [5.74, 6) is -3.12. The maximum absolute atomic E-state index is 15.9. The lowest BCUT2D eigenvalue weighted by molar-refractivity contribution is -0.383. The summed E-state index contributed by atoms with van der Waals surface area (Å²) in [5.41, 5.74) is -12.4. The Labute approximate surface area is 288 Å². The molecule has 2 aromatic carbocycles. The molecule has 1 fully saturated rings. The highest BCUT2D eigenvalue weighted by molar-refractivity contribution is 6.60. The molecule has 0 aromatic heterocycles. The number of benzene rings is 2. The Kier molecular flexibility index (Phi) is 9.62. The van der Waals surface area contributed by atoms with Crippen molar-refractivity contribution in [3.63, 3.8) is 0 Å². The van der Waals surface area contributed by atoms with E-state index in [1.54, 1.807) is 0 Å². The van der Waals surface area contributed by atoms with E-state index in [2.05, 4.69) is 15.4 Å². The van der Waals surface area contributed by atoms with Crippen molar-refractivity contribution in [2.45, 2.75) is 58.1 Å². The van der Waals surface area contributed by atoms with E-state index in [0.717, 1.165) is 7.05 Å². The summed E-state index contributed by atoms with van der Waals surface area (Å²) < 4.78 is 20.5. The summed E-state index contributed by atoms with van der Waals surface area (Å²) in [5, 5.41) is 39.9. The van der Waals surface area contributed by atoms with E-state index in [-0.39, 0.29) is 40.8 Å². The predicted molar refractivity (Wildman–Crippen MR) is 177 cm³/mol. The summed E-state index contributed by atoms with van der Waals surface area (Å²) in [6, 6.07) is 8.38. The number of carbonyl (C=O) groups is 3. The van der Waals surface area contributed by atoms with Gasteiger partial charge in [0.1, 0.15) is 31.3 Å². The lowest BCUT2D eigenvalue weighted by Gasteiger charge is -2.65. The minimum atomic E-state index is -3.23. The molecule has 22 heteroatoms. The SMILES string of the molecule is [B]C([B])(C=O)C([B])([B])C(O)(C(=O)NC)N1Cc2c(NCc3cccc(CN4C([B])([B])C([B])(O)OC([B])(O)C4([B])O)c3F)cccc2C1=O. The van der Waals surface area contributed by atoms with Crippen LogP contribution in [-0.2, 0) is 34.0 Å². The molecule has 2 aliphatic rings. The normalized spacial score (nSPS) is 27.1. The Morgan fingerprint density at radius 3 is 2.19 bits per heavy atom. The first kappa shape index (κ1) is 37.9. The van der Waals surface area contributed by atoms with Crippen LogP contribution in [0.2, 0.25) is 10.4 Å². The van der Waals surface area contributed by atoms with Crippen LogP contribution in [0.5, 0.6) is 0 Å². The number of amides is 2. The summed E-state index contributed by atoms with van der Waals surface area (Å²) in [6.07, 6.45) is -0.0786. The smallest absolute Gasteiger partial charge is 0.272 e. The van der Waals surface area contributed by atoms with Crippen LogP contribution < -0.4 is 10.6 Å². The molecule has 4 rings (SSSR count). The number of rotatable bonds is 10. The molecule has 2 aliphatic heterocycles. The number of fused-ring (bicyclic) bond motifs is 1. The lowest BCUT2D eigenvalue weighted by atomic mass is 9.27. The van der Waals surface area contributed by atoms with Crippen molar-refractivity contribution in [3.8, 4) is 0 Å². The number of hydrogen-bond donors (Lipinski definition) is 6. The van der Waals surface area contributed by atoms with Gasteiger partial charge in [-0.1, -0.05) is 29.5 Å². The number of aldehydes is 1. The van der Waals surface area contributed by atoms with Crippen molar-refractivity contribution in [1.82, 2.24) is 15.1 Å². The second-order valence-corrected chi connectivity index (χ2v) is 11.8. The number of hydrogen-bond acceptors (Lipinski definition) is 10. The molecule has 0 aliphatic carbocycles. The molecular weight excluding hydrogens is 613 g/mol. The first-order valence-electron chi connectivity index (χ1n) is 14.0. The highest BCUT2D eigenvalue weighted by Crippen LogP contribution is 2.52. The first-order chi connectivity index (χ1) is 21.9. The highest BCUT2D eigenvalue weighted by atomic mass is 19.1. The van der Waals surface area contributed by atoms with Gasteiger partial charge < -0.3 is 40.6 Å². The second-order valence-electron chi connectivity index (χ2n) is 11.8. The summed E-state index contributed by atoms with van der Waals surface area (Å²) in [7, 11) is 53.2. The van der Waals surface area contributed by atoms with Gasteiger partial charge >= 0.3 is 0 Å². The number of aliphatic hydroxyl groups is 4. The predicted octanol–water partition coefficient (Wildman–Crippen LogP) is -4.80. The third-order valence-corrected chi connectivity index (χ3v) is 8.62. The molecule has 2 heterocycles. The van der Waals surface area contributed by atoms with Gasteiger partial charge in [0, 0.05) is 48.1 Å². The Balaban J connectivity index is 1.65. The molecule has 1 saturated heterocycles. The second kappa shape index (κ2) is 12.2. The van der Waals surface area contributed by atoms with E-state index >= 15 is 4.39 Å². The van der Waals surface area contributed by atoms with Gasteiger partial charge in [-0.25, -0.2) is 4.39 Å². The van der Waals surface area contributed by atoms with Crippen LogP contribution in [0, 0.1) is 5.82 Å². The quantitative estimate of drug-likeness (QED) is 0.110. The third kappa shape index (κ3) is 5.58. The molecule has 18 radical (unpaired) electrons. The minimum absolute atomic E-state index is 0.00223. The Hall–Kier alpha value is -2.88. The van der Waals surface area contributed by atoms with E-state index < -0.39 is 69.2 Å². The van der Waals surface area contributed by atoms with E-state index in [0.29, 0.717) is 9.80 Å². The number of morpholine rings is 1. The number of anilines is 1. The van der Waals surface area contributed by atoms with Crippen LogP contribution in [0.1, 0.15) is 27.0 Å². The lowest BCUT2D eigenvalue weighted by Crippen LogP contribution is -2.84. The van der Waals surface area contributed by atoms with Crippen molar-refractivity contribution >= 4 is 94.4 Å². The average Bonchev–Trinajstić information content (AvgIpc) is 3.34. The molecule has 4 atom stereocenters. The van der Waals surface area contributed by atoms with E-state index in [9.17, 15) is 34.8 Å². The zero-order valence-electron chi connectivity index (χ0n) is 25.6. The van der Waals surface area contributed by atoms with Crippen molar-refractivity contribution < 1.29 is 43.9 Å². The number of nitrogens with zero attached hydrogens (tertiary/aromatic N) is 2. The summed E-state index contributed by atoms with van der Waals surface area (Å²) in [4.78, 5) is 39.2. The maximum atomic E-state index is 15.9. The molecule has 228 valence electrons. The largest absolute Gasteiger partial charge is 0.381 e. The van der Waals surface area contributed by atoms with Gasteiger partial charge in [-0.3, -0.25) is 19.4 Å². The maximum Gasteiger partial charge on any atom is 0.272 e. The Morgan fingerprint density at radius 2 is 1.60 bits per heavy atom.